The number of aromatic nitrogens is 2. The third kappa shape index (κ3) is 2.90. The minimum absolute atomic E-state index is 0.0421. The summed E-state index contributed by atoms with van der Waals surface area (Å²) in [6.45, 7) is 6.72. The molecular weight excluding hydrogens is 290 g/mol. The zero-order valence-corrected chi connectivity index (χ0v) is 13.4. The SMILES string of the molecule is Cc1cc2nc(C(=O)O)cc(NCc3c(C)cccc3C)c2[nH]1. The molecule has 3 N–H and O–H groups in total. The van der Waals surface area contributed by atoms with Gasteiger partial charge in [0, 0.05) is 12.2 Å². The fraction of sp³-hybridized carbons (Fsp3) is 0.222. The molecule has 0 saturated heterocycles. The van der Waals surface area contributed by atoms with Crippen LogP contribution in [0.4, 0.5) is 5.69 Å². The summed E-state index contributed by atoms with van der Waals surface area (Å²) in [6, 6.07) is 9.62. The van der Waals surface area contributed by atoms with E-state index in [0.717, 1.165) is 16.9 Å². The number of carbonyl (C=O) groups is 1. The minimum atomic E-state index is -1.03. The zero-order valence-electron chi connectivity index (χ0n) is 13.4. The first kappa shape index (κ1) is 15.1. The van der Waals surface area contributed by atoms with Crippen LogP contribution in [0.3, 0.4) is 0 Å². The van der Waals surface area contributed by atoms with Crippen molar-refractivity contribution in [3.8, 4) is 0 Å². The van der Waals surface area contributed by atoms with Gasteiger partial charge < -0.3 is 15.4 Å². The van der Waals surface area contributed by atoms with Gasteiger partial charge in [0.05, 0.1) is 16.7 Å². The number of benzene rings is 1. The second-order valence-electron chi connectivity index (χ2n) is 5.80. The highest BCUT2D eigenvalue weighted by molar-refractivity contribution is 5.95. The number of nitrogens with one attached hydrogen (secondary N) is 2. The largest absolute Gasteiger partial charge is 0.477 e. The van der Waals surface area contributed by atoms with Crippen LogP contribution in [0.1, 0.15) is 32.9 Å². The van der Waals surface area contributed by atoms with Gasteiger partial charge in [-0.2, -0.15) is 0 Å². The van der Waals surface area contributed by atoms with Crippen LogP contribution in [-0.4, -0.2) is 21.0 Å². The maximum atomic E-state index is 11.3. The summed E-state index contributed by atoms with van der Waals surface area (Å²) in [4.78, 5) is 18.7. The van der Waals surface area contributed by atoms with E-state index < -0.39 is 5.97 Å². The molecular formula is C18H19N3O2. The van der Waals surface area contributed by atoms with Gasteiger partial charge in [-0.25, -0.2) is 9.78 Å². The Labute approximate surface area is 134 Å². The van der Waals surface area contributed by atoms with E-state index in [0.29, 0.717) is 12.1 Å². The number of fused-ring (bicyclic) bond motifs is 1. The smallest absolute Gasteiger partial charge is 0.354 e. The van der Waals surface area contributed by atoms with Gasteiger partial charge in [-0.1, -0.05) is 18.2 Å². The third-order valence-electron chi connectivity index (χ3n) is 4.04. The van der Waals surface area contributed by atoms with Crippen LogP contribution < -0.4 is 5.32 Å². The lowest BCUT2D eigenvalue weighted by Crippen LogP contribution is -2.07. The molecule has 0 aliphatic rings. The summed E-state index contributed by atoms with van der Waals surface area (Å²) in [5, 5.41) is 12.6. The minimum Gasteiger partial charge on any atom is -0.477 e. The molecule has 3 aromatic rings. The number of carboxylic acids is 1. The molecule has 0 atom stereocenters. The Balaban J connectivity index is 2.00. The standard InChI is InChI=1S/C18H19N3O2/c1-10-5-4-6-11(2)13(10)9-19-14-8-16(18(22)23)21-15-7-12(3)20-17(14)15/h4-8,20H,9H2,1-3H3,(H,19,21)(H,22,23). The number of H-pyrrole nitrogens is 1. The van der Waals surface area contributed by atoms with Gasteiger partial charge >= 0.3 is 5.97 Å². The molecule has 118 valence electrons. The highest BCUT2D eigenvalue weighted by Crippen LogP contribution is 2.25. The quantitative estimate of drug-likeness (QED) is 0.685. The van der Waals surface area contributed by atoms with Gasteiger partial charge in [0.25, 0.3) is 0 Å². The van der Waals surface area contributed by atoms with E-state index >= 15 is 0 Å². The lowest BCUT2D eigenvalue weighted by Gasteiger charge is -2.13. The first-order valence-corrected chi connectivity index (χ1v) is 7.48. The number of anilines is 1. The van der Waals surface area contributed by atoms with Gasteiger partial charge in [0.15, 0.2) is 5.69 Å². The average Bonchev–Trinajstić information content (AvgIpc) is 2.86. The van der Waals surface area contributed by atoms with E-state index in [-0.39, 0.29) is 5.69 Å². The molecule has 0 spiro atoms. The number of rotatable bonds is 4. The Bertz CT molecular complexity index is 876. The van der Waals surface area contributed by atoms with Crippen LogP contribution >= 0.6 is 0 Å². The molecule has 0 fully saturated rings. The normalized spacial score (nSPS) is 10.9. The Morgan fingerprint density at radius 2 is 1.91 bits per heavy atom. The van der Waals surface area contributed by atoms with E-state index in [2.05, 4.69) is 41.3 Å². The monoisotopic (exact) mass is 309 g/mol. The maximum absolute atomic E-state index is 11.3. The van der Waals surface area contributed by atoms with Gasteiger partial charge in [0.2, 0.25) is 0 Å². The fourth-order valence-corrected chi connectivity index (χ4v) is 2.80. The predicted octanol–water partition coefficient (Wildman–Crippen LogP) is 3.80. The van der Waals surface area contributed by atoms with Crippen LogP contribution in [0.25, 0.3) is 11.0 Å². The van der Waals surface area contributed by atoms with Gasteiger partial charge in [-0.3, -0.25) is 0 Å². The summed E-state index contributed by atoms with van der Waals surface area (Å²) >= 11 is 0. The number of aryl methyl sites for hydroxylation is 3. The van der Waals surface area contributed by atoms with Crippen molar-refractivity contribution in [1.29, 1.82) is 0 Å². The van der Waals surface area contributed by atoms with Crippen molar-refractivity contribution in [2.45, 2.75) is 27.3 Å². The third-order valence-corrected chi connectivity index (χ3v) is 4.04. The predicted molar refractivity (Wildman–Crippen MR) is 91.0 cm³/mol. The van der Waals surface area contributed by atoms with Crippen LogP contribution in [0.2, 0.25) is 0 Å². The summed E-state index contributed by atoms with van der Waals surface area (Å²) in [5.74, 6) is -1.03. The Morgan fingerprint density at radius 3 is 2.57 bits per heavy atom. The second kappa shape index (κ2) is 5.76. The Hall–Kier alpha value is -2.82. The Morgan fingerprint density at radius 1 is 1.22 bits per heavy atom. The van der Waals surface area contributed by atoms with E-state index in [4.69, 9.17) is 0 Å². The number of pyridine rings is 1. The molecule has 0 bridgehead atoms. The number of aromatic carboxylic acids is 1. The fourth-order valence-electron chi connectivity index (χ4n) is 2.80. The molecule has 0 aliphatic carbocycles. The van der Waals surface area contributed by atoms with E-state index in [1.165, 1.54) is 16.7 Å². The molecule has 23 heavy (non-hydrogen) atoms. The van der Waals surface area contributed by atoms with Crippen molar-refractivity contribution in [1.82, 2.24) is 9.97 Å². The van der Waals surface area contributed by atoms with Gasteiger partial charge in [0.1, 0.15) is 0 Å². The van der Waals surface area contributed by atoms with Crippen molar-refractivity contribution < 1.29 is 9.90 Å². The molecule has 5 heteroatoms. The van der Waals surface area contributed by atoms with E-state index in [1.54, 1.807) is 6.07 Å². The average molecular weight is 309 g/mol. The van der Waals surface area contributed by atoms with Crippen LogP contribution in [0, 0.1) is 20.8 Å². The van der Waals surface area contributed by atoms with Crippen LogP contribution in [0.15, 0.2) is 30.3 Å². The van der Waals surface area contributed by atoms with Crippen LogP contribution in [-0.2, 0) is 6.54 Å². The van der Waals surface area contributed by atoms with Crippen molar-refractivity contribution in [3.63, 3.8) is 0 Å². The number of hydrogen-bond donors (Lipinski definition) is 3. The van der Waals surface area contributed by atoms with Crippen molar-refractivity contribution in [2.75, 3.05) is 5.32 Å². The number of aromatic amines is 1. The number of nitrogens with zero attached hydrogens (tertiary/aromatic N) is 1. The molecule has 1 aromatic carbocycles. The summed E-state index contributed by atoms with van der Waals surface area (Å²) < 4.78 is 0. The number of hydrogen-bond acceptors (Lipinski definition) is 3. The maximum Gasteiger partial charge on any atom is 0.354 e. The van der Waals surface area contributed by atoms with Crippen molar-refractivity contribution in [2.24, 2.45) is 0 Å². The lowest BCUT2D eigenvalue weighted by molar-refractivity contribution is 0.0691. The van der Waals surface area contributed by atoms with Gasteiger partial charge in [-0.15, -0.1) is 0 Å². The topological polar surface area (TPSA) is 78.0 Å². The molecule has 3 rings (SSSR count). The molecule has 2 heterocycles. The molecule has 0 amide bonds. The second-order valence-corrected chi connectivity index (χ2v) is 5.80. The summed E-state index contributed by atoms with van der Waals surface area (Å²) in [5.41, 5.74) is 6.88. The number of carboxylic acid groups (broad SMARTS) is 1. The molecule has 5 nitrogen and oxygen atoms in total. The lowest BCUT2D eigenvalue weighted by atomic mass is 10.0. The summed E-state index contributed by atoms with van der Waals surface area (Å²) in [6.07, 6.45) is 0. The highest BCUT2D eigenvalue weighted by Gasteiger charge is 2.13. The molecule has 2 aromatic heterocycles. The summed E-state index contributed by atoms with van der Waals surface area (Å²) in [7, 11) is 0. The van der Waals surface area contributed by atoms with Crippen LogP contribution in [0.5, 0.6) is 0 Å². The molecule has 0 saturated carbocycles. The highest BCUT2D eigenvalue weighted by atomic mass is 16.4. The first-order chi connectivity index (χ1) is 11.0. The van der Waals surface area contributed by atoms with E-state index in [9.17, 15) is 9.90 Å². The Kier molecular flexibility index (Phi) is 3.78. The zero-order chi connectivity index (χ0) is 16.6. The molecule has 0 radical (unpaired) electrons. The van der Waals surface area contributed by atoms with Gasteiger partial charge in [-0.05, 0) is 49.6 Å². The first-order valence-electron chi connectivity index (χ1n) is 7.48. The van der Waals surface area contributed by atoms with Crippen molar-refractivity contribution in [3.05, 3.63) is 58.4 Å². The van der Waals surface area contributed by atoms with E-state index in [1.807, 2.05) is 19.1 Å². The molecule has 0 aliphatic heterocycles. The molecule has 0 unspecified atom stereocenters. The van der Waals surface area contributed by atoms with Crippen molar-refractivity contribution >= 4 is 22.7 Å².